The van der Waals surface area contributed by atoms with Gasteiger partial charge in [-0.3, -0.25) is 14.9 Å². The van der Waals surface area contributed by atoms with Gasteiger partial charge in [-0.1, -0.05) is 23.7 Å². The van der Waals surface area contributed by atoms with Crippen LogP contribution in [0.3, 0.4) is 0 Å². The number of nitrogens with one attached hydrogen (secondary N) is 2. The third-order valence-electron chi connectivity index (χ3n) is 6.03. The van der Waals surface area contributed by atoms with Crippen LogP contribution in [0.25, 0.3) is 0 Å². The highest BCUT2D eigenvalue weighted by molar-refractivity contribution is 7.80. The first kappa shape index (κ1) is 28.1. The van der Waals surface area contributed by atoms with Crippen molar-refractivity contribution in [3.05, 3.63) is 87.9 Å². The van der Waals surface area contributed by atoms with Gasteiger partial charge < -0.3 is 19.9 Å². The van der Waals surface area contributed by atoms with Crippen molar-refractivity contribution < 1.29 is 31.9 Å². The number of amides is 2. The highest BCUT2D eigenvalue weighted by Gasteiger charge is 2.31. The van der Waals surface area contributed by atoms with Crippen LogP contribution in [0.15, 0.2) is 48.5 Å². The highest BCUT2D eigenvalue weighted by atomic mass is 35.5. The zero-order valence-electron chi connectivity index (χ0n) is 20.4. The van der Waals surface area contributed by atoms with Crippen LogP contribution in [0.1, 0.15) is 20.7 Å². The number of carbonyl (C=O) groups excluding carboxylic acids is 2. The lowest BCUT2D eigenvalue weighted by Gasteiger charge is -2.37. The SMILES string of the molecule is COc1c(F)c(F)c(C(=O)NC(=S)Nc2ccccc2N2CCN(C(=O)c3ccc(Cl)cc3)CC2)c(F)c1F. The number of ether oxygens (including phenoxy) is 1. The summed E-state index contributed by atoms with van der Waals surface area (Å²) in [6.45, 7) is 1.84. The fraction of sp³-hybridized carbons (Fsp3) is 0.192. The Bertz CT molecular complexity index is 1400. The summed E-state index contributed by atoms with van der Waals surface area (Å²) in [6.07, 6.45) is 0. The van der Waals surface area contributed by atoms with E-state index >= 15 is 0 Å². The molecule has 3 aromatic carbocycles. The zero-order valence-corrected chi connectivity index (χ0v) is 21.9. The van der Waals surface area contributed by atoms with Crippen molar-refractivity contribution in [2.24, 2.45) is 0 Å². The maximum atomic E-state index is 14.3. The molecule has 4 rings (SSSR count). The number of hydrogen-bond donors (Lipinski definition) is 2. The molecular weight excluding hydrogens is 560 g/mol. The maximum Gasteiger partial charge on any atom is 0.263 e. The first-order valence-corrected chi connectivity index (χ1v) is 12.3. The van der Waals surface area contributed by atoms with Crippen molar-refractivity contribution in [1.82, 2.24) is 10.2 Å². The number of nitrogens with zero attached hydrogens (tertiary/aromatic N) is 2. The van der Waals surface area contributed by atoms with E-state index in [0.717, 1.165) is 7.11 Å². The lowest BCUT2D eigenvalue weighted by molar-refractivity contribution is 0.0746. The van der Waals surface area contributed by atoms with Gasteiger partial charge in [-0.2, -0.15) is 8.78 Å². The molecule has 1 saturated heterocycles. The summed E-state index contributed by atoms with van der Waals surface area (Å²) in [4.78, 5) is 29.0. The van der Waals surface area contributed by atoms with Crippen LogP contribution >= 0.6 is 23.8 Å². The van der Waals surface area contributed by atoms with Crippen LogP contribution in [0, 0.1) is 23.3 Å². The third kappa shape index (κ3) is 5.91. The average molecular weight is 581 g/mol. The summed E-state index contributed by atoms with van der Waals surface area (Å²) < 4.78 is 61.0. The van der Waals surface area contributed by atoms with Gasteiger partial charge in [-0.05, 0) is 48.6 Å². The van der Waals surface area contributed by atoms with E-state index in [1.54, 1.807) is 53.4 Å². The molecule has 204 valence electrons. The molecule has 0 bridgehead atoms. The van der Waals surface area contributed by atoms with E-state index in [2.05, 4.69) is 10.1 Å². The summed E-state index contributed by atoms with van der Waals surface area (Å²) >= 11 is 11.0. The molecule has 1 aliphatic rings. The second-order valence-electron chi connectivity index (χ2n) is 8.38. The number of benzene rings is 3. The van der Waals surface area contributed by atoms with E-state index in [1.807, 2.05) is 10.2 Å². The molecule has 0 atom stereocenters. The zero-order chi connectivity index (χ0) is 28.3. The minimum absolute atomic E-state index is 0.118. The molecule has 7 nitrogen and oxygen atoms in total. The first-order chi connectivity index (χ1) is 18.6. The van der Waals surface area contributed by atoms with E-state index in [9.17, 15) is 27.2 Å². The Morgan fingerprint density at radius 1 is 0.897 bits per heavy atom. The second-order valence-corrected chi connectivity index (χ2v) is 9.22. The Hall–Kier alpha value is -3.90. The number of hydrogen-bond acceptors (Lipinski definition) is 5. The third-order valence-corrected chi connectivity index (χ3v) is 6.49. The predicted molar refractivity (Wildman–Crippen MR) is 143 cm³/mol. The molecular formula is C26H21ClF4N4O3S. The van der Waals surface area contributed by atoms with Crippen molar-refractivity contribution in [2.45, 2.75) is 0 Å². The number of para-hydroxylation sites is 2. The van der Waals surface area contributed by atoms with Gasteiger partial charge >= 0.3 is 0 Å². The summed E-state index contributed by atoms with van der Waals surface area (Å²) in [7, 11) is 0.827. The van der Waals surface area contributed by atoms with Crippen molar-refractivity contribution in [3.63, 3.8) is 0 Å². The molecule has 0 saturated carbocycles. The lowest BCUT2D eigenvalue weighted by Crippen LogP contribution is -2.49. The van der Waals surface area contributed by atoms with Gasteiger partial charge in [0.2, 0.25) is 11.6 Å². The van der Waals surface area contributed by atoms with Crippen molar-refractivity contribution in [2.75, 3.05) is 43.5 Å². The second kappa shape index (κ2) is 11.9. The average Bonchev–Trinajstić information content (AvgIpc) is 2.93. The molecule has 1 heterocycles. The summed E-state index contributed by atoms with van der Waals surface area (Å²) in [5.41, 5.74) is 0.185. The van der Waals surface area contributed by atoms with Gasteiger partial charge in [0.05, 0.1) is 18.5 Å². The summed E-state index contributed by atoms with van der Waals surface area (Å²) in [5, 5.41) is 4.98. The van der Waals surface area contributed by atoms with Crippen molar-refractivity contribution >= 4 is 52.1 Å². The Labute approximate surface area is 231 Å². The van der Waals surface area contributed by atoms with Gasteiger partial charge in [-0.25, -0.2) is 8.78 Å². The Balaban J connectivity index is 1.43. The van der Waals surface area contributed by atoms with E-state index in [4.69, 9.17) is 23.8 Å². The molecule has 1 aliphatic heterocycles. The predicted octanol–water partition coefficient (Wildman–Crippen LogP) is 4.99. The molecule has 1 fully saturated rings. The minimum Gasteiger partial charge on any atom is -0.491 e. The van der Waals surface area contributed by atoms with E-state index in [-0.39, 0.29) is 11.0 Å². The van der Waals surface area contributed by atoms with E-state index in [1.165, 1.54) is 0 Å². The number of halogens is 5. The number of piperazine rings is 1. The van der Waals surface area contributed by atoms with Crippen LogP contribution in [0.4, 0.5) is 28.9 Å². The van der Waals surface area contributed by atoms with Crippen LogP contribution < -0.4 is 20.3 Å². The first-order valence-electron chi connectivity index (χ1n) is 11.5. The van der Waals surface area contributed by atoms with Crippen LogP contribution in [-0.4, -0.2) is 55.1 Å². The minimum atomic E-state index is -1.92. The molecule has 0 radical (unpaired) electrons. The number of anilines is 2. The fourth-order valence-corrected chi connectivity index (χ4v) is 4.42. The Morgan fingerprint density at radius 3 is 2.08 bits per heavy atom. The molecule has 39 heavy (non-hydrogen) atoms. The van der Waals surface area contributed by atoms with Gasteiger partial charge in [0.15, 0.2) is 22.5 Å². The van der Waals surface area contributed by atoms with Gasteiger partial charge in [0.1, 0.15) is 5.56 Å². The number of rotatable bonds is 5. The largest absolute Gasteiger partial charge is 0.491 e. The monoisotopic (exact) mass is 580 g/mol. The number of methoxy groups -OCH3 is 1. The standard InChI is InChI=1S/C26H21ClF4N4O3S/c1-38-23-21(30)19(28)18(20(29)22(23)31)24(36)33-26(39)32-16-4-2-3-5-17(16)34-10-12-35(13-11-34)25(37)14-6-8-15(27)9-7-14/h2-9H,10-13H2,1H3,(H2,32,33,36,39). The molecule has 2 amide bonds. The van der Waals surface area contributed by atoms with Crippen molar-refractivity contribution in [1.29, 1.82) is 0 Å². The van der Waals surface area contributed by atoms with Crippen molar-refractivity contribution in [3.8, 4) is 5.75 Å². The molecule has 3 aromatic rings. The molecule has 0 unspecified atom stereocenters. The summed E-state index contributed by atoms with van der Waals surface area (Å²) in [5.74, 6) is -10.4. The molecule has 0 aliphatic carbocycles. The molecule has 0 aromatic heterocycles. The highest BCUT2D eigenvalue weighted by Crippen LogP contribution is 2.30. The molecule has 2 N–H and O–H groups in total. The normalized spacial score (nSPS) is 13.2. The fourth-order valence-electron chi connectivity index (χ4n) is 4.09. The topological polar surface area (TPSA) is 73.9 Å². The number of thiocarbonyl (C=S) groups is 1. The van der Waals surface area contributed by atoms with Crippen LogP contribution in [0.5, 0.6) is 5.75 Å². The van der Waals surface area contributed by atoms with Crippen LogP contribution in [0.2, 0.25) is 5.02 Å². The van der Waals surface area contributed by atoms with Gasteiger partial charge in [0, 0.05) is 36.8 Å². The lowest BCUT2D eigenvalue weighted by atomic mass is 10.1. The van der Waals surface area contributed by atoms with Gasteiger partial charge in [-0.15, -0.1) is 0 Å². The summed E-state index contributed by atoms with van der Waals surface area (Å²) in [6, 6.07) is 13.6. The Kier molecular flexibility index (Phi) is 8.56. The molecule has 13 heteroatoms. The maximum absolute atomic E-state index is 14.3. The van der Waals surface area contributed by atoms with E-state index < -0.39 is 40.5 Å². The van der Waals surface area contributed by atoms with Gasteiger partial charge in [0.25, 0.3) is 11.8 Å². The molecule has 0 spiro atoms. The Morgan fingerprint density at radius 2 is 1.49 bits per heavy atom. The van der Waals surface area contributed by atoms with E-state index in [0.29, 0.717) is 48.1 Å². The smallest absolute Gasteiger partial charge is 0.263 e. The van der Waals surface area contributed by atoms with Crippen LogP contribution in [-0.2, 0) is 0 Å². The quantitative estimate of drug-likeness (QED) is 0.252. The number of carbonyl (C=O) groups is 2.